The molecular formula is C24H23N3O2. The molecule has 0 radical (unpaired) electrons. The van der Waals surface area contributed by atoms with E-state index in [1.54, 1.807) is 6.20 Å². The van der Waals surface area contributed by atoms with Crippen molar-refractivity contribution in [1.29, 1.82) is 0 Å². The average molecular weight is 385 g/mol. The van der Waals surface area contributed by atoms with Crippen molar-refractivity contribution in [3.63, 3.8) is 0 Å². The van der Waals surface area contributed by atoms with Crippen molar-refractivity contribution in [3.8, 4) is 11.3 Å². The second-order valence-electron chi connectivity index (χ2n) is 7.82. The van der Waals surface area contributed by atoms with E-state index in [9.17, 15) is 9.59 Å². The van der Waals surface area contributed by atoms with Crippen LogP contribution in [-0.2, 0) is 4.79 Å². The summed E-state index contributed by atoms with van der Waals surface area (Å²) in [5.41, 5.74) is 3.35. The highest BCUT2D eigenvalue weighted by Gasteiger charge is 2.28. The summed E-state index contributed by atoms with van der Waals surface area (Å²) in [4.78, 5) is 32.8. The van der Waals surface area contributed by atoms with Crippen molar-refractivity contribution in [2.24, 2.45) is 0 Å². The fourth-order valence-electron chi connectivity index (χ4n) is 4.51. The molecule has 2 heterocycles. The van der Waals surface area contributed by atoms with Gasteiger partial charge in [-0.3, -0.25) is 14.6 Å². The van der Waals surface area contributed by atoms with Crippen molar-refractivity contribution in [2.75, 3.05) is 25.0 Å². The highest BCUT2D eigenvalue weighted by molar-refractivity contribution is 6.27. The lowest BCUT2D eigenvalue weighted by atomic mass is 9.85. The number of hydrogen-bond acceptors (Lipinski definition) is 4. The third kappa shape index (κ3) is 3.21. The van der Waals surface area contributed by atoms with Crippen LogP contribution in [0.25, 0.3) is 22.0 Å². The molecule has 1 amide bonds. The van der Waals surface area contributed by atoms with E-state index < -0.39 is 0 Å². The molecule has 1 aliphatic carbocycles. The summed E-state index contributed by atoms with van der Waals surface area (Å²) in [6.07, 6.45) is 5.90. The smallest absolute Gasteiger partial charge is 0.225 e. The summed E-state index contributed by atoms with van der Waals surface area (Å²) in [6.45, 7) is 2.90. The molecule has 1 saturated heterocycles. The van der Waals surface area contributed by atoms with Crippen molar-refractivity contribution in [3.05, 3.63) is 59.8 Å². The van der Waals surface area contributed by atoms with E-state index in [4.69, 9.17) is 0 Å². The molecule has 5 nitrogen and oxygen atoms in total. The minimum absolute atomic E-state index is 0.0539. The van der Waals surface area contributed by atoms with Gasteiger partial charge >= 0.3 is 0 Å². The molecule has 0 spiro atoms. The summed E-state index contributed by atoms with van der Waals surface area (Å²) in [7, 11) is 0. The van der Waals surface area contributed by atoms with Crippen molar-refractivity contribution >= 4 is 28.2 Å². The first-order chi connectivity index (χ1) is 14.2. The highest BCUT2D eigenvalue weighted by atomic mass is 16.1. The topological polar surface area (TPSA) is 62.3 Å². The van der Waals surface area contributed by atoms with Gasteiger partial charge in [-0.05, 0) is 43.5 Å². The molecule has 2 aromatic carbocycles. The van der Waals surface area contributed by atoms with Crippen LogP contribution in [0.15, 0.2) is 48.7 Å². The number of ketones is 1. The summed E-state index contributed by atoms with van der Waals surface area (Å²) in [5.74, 6) is -0.111. The summed E-state index contributed by atoms with van der Waals surface area (Å²) in [6, 6.07) is 13.2. The molecule has 3 aromatic rings. The Morgan fingerprint density at radius 2 is 1.79 bits per heavy atom. The Labute approximate surface area is 169 Å². The molecule has 146 valence electrons. The Morgan fingerprint density at radius 3 is 2.66 bits per heavy atom. The number of nitrogens with zero attached hydrogens (tertiary/aromatic N) is 2. The molecular weight excluding hydrogens is 362 g/mol. The molecule has 1 N–H and O–H groups in total. The Morgan fingerprint density at radius 1 is 1.00 bits per heavy atom. The quantitative estimate of drug-likeness (QED) is 0.570. The molecule has 29 heavy (non-hydrogen) atoms. The first-order valence-corrected chi connectivity index (χ1v) is 10.3. The maximum atomic E-state index is 13.3. The monoisotopic (exact) mass is 385 g/mol. The predicted molar refractivity (Wildman–Crippen MR) is 114 cm³/mol. The van der Waals surface area contributed by atoms with Gasteiger partial charge in [0.05, 0.1) is 16.9 Å². The van der Waals surface area contributed by atoms with Crippen molar-refractivity contribution in [2.45, 2.75) is 25.7 Å². The lowest BCUT2D eigenvalue weighted by Crippen LogP contribution is -2.32. The number of rotatable bonds is 4. The predicted octanol–water partition coefficient (Wildman–Crippen LogP) is 4.26. The summed E-state index contributed by atoms with van der Waals surface area (Å²) in [5, 5.41) is 4.88. The van der Waals surface area contributed by atoms with E-state index in [0.29, 0.717) is 23.2 Å². The second-order valence-corrected chi connectivity index (χ2v) is 7.82. The number of likely N-dealkylation sites (tertiary alicyclic amines) is 1. The first kappa shape index (κ1) is 18.0. The lowest BCUT2D eigenvalue weighted by Gasteiger charge is -2.26. The number of carbonyl (C=O) groups excluding carboxylic acids is 2. The number of fused-ring (bicyclic) bond motifs is 2. The van der Waals surface area contributed by atoms with Gasteiger partial charge in [0.1, 0.15) is 0 Å². The zero-order valence-corrected chi connectivity index (χ0v) is 16.3. The SMILES string of the molecule is O=C(CCN1CCCCC1)Nc1cccc2c1C(=O)c1cccc3ccnc-2c13. The zero-order chi connectivity index (χ0) is 19.8. The number of anilines is 1. The van der Waals surface area contributed by atoms with Crippen LogP contribution in [0, 0.1) is 0 Å². The third-order valence-electron chi connectivity index (χ3n) is 5.96. The number of piperidine rings is 1. The first-order valence-electron chi connectivity index (χ1n) is 10.3. The van der Waals surface area contributed by atoms with Gasteiger partial charge in [-0.25, -0.2) is 0 Å². The van der Waals surface area contributed by atoms with Crippen LogP contribution >= 0.6 is 0 Å². The molecule has 2 aliphatic rings. The largest absolute Gasteiger partial charge is 0.325 e. The maximum Gasteiger partial charge on any atom is 0.225 e. The van der Waals surface area contributed by atoms with Crippen LogP contribution in [0.5, 0.6) is 0 Å². The van der Waals surface area contributed by atoms with Crippen LogP contribution in [0.3, 0.4) is 0 Å². The lowest BCUT2D eigenvalue weighted by molar-refractivity contribution is -0.116. The maximum absolute atomic E-state index is 13.3. The Balaban J connectivity index is 1.45. The number of nitrogens with one attached hydrogen (secondary N) is 1. The van der Waals surface area contributed by atoms with E-state index in [2.05, 4.69) is 15.2 Å². The van der Waals surface area contributed by atoms with Crippen LogP contribution in [0.2, 0.25) is 0 Å². The van der Waals surface area contributed by atoms with Crippen LogP contribution in [-0.4, -0.2) is 41.2 Å². The van der Waals surface area contributed by atoms with E-state index in [-0.39, 0.29) is 11.7 Å². The van der Waals surface area contributed by atoms with Gasteiger partial charge in [-0.15, -0.1) is 0 Å². The molecule has 0 saturated carbocycles. The van der Waals surface area contributed by atoms with Gasteiger partial charge in [0.25, 0.3) is 0 Å². The molecule has 1 aromatic heterocycles. The Kier molecular flexibility index (Phi) is 4.60. The zero-order valence-electron chi connectivity index (χ0n) is 16.3. The van der Waals surface area contributed by atoms with E-state index >= 15 is 0 Å². The fraction of sp³-hybridized carbons (Fsp3) is 0.292. The molecule has 0 atom stereocenters. The van der Waals surface area contributed by atoms with E-state index in [1.807, 2.05) is 42.5 Å². The van der Waals surface area contributed by atoms with Gasteiger partial charge in [0, 0.05) is 35.7 Å². The fourth-order valence-corrected chi connectivity index (χ4v) is 4.51. The molecule has 0 bridgehead atoms. The summed E-state index contributed by atoms with van der Waals surface area (Å²) >= 11 is 0. The van der Waals surface area contributed by atoms with E-state index in [1.165, 1.54) is 19.3 Å². The molecule has 1 fully saturated rings. The van der Waals surface area contributed by atoms with Crippen LogP contribution in [0.4, 0.5) is 5.69 Å². The number of pyridine rings is 1. The summed E-state index contributed by atoms with van der Waals surface area (Å²) < 4.78 is 0. The molecule has 5 heteroatoms. The number of aromatic nitrogens is 1. The van der Waals surface area contributed by atoms with Crippen LogP contribution in [0.1, 0.15) is 41.6 Å². The number of benzene rings is 2. The number of hydrogen-bond donors (Lipinski definition) is 1. The molecule has 0 unspecified atom stereocenters. The van der Waals surface area contributed by atoms with Crippen molar-refractivity contribution in [1.82, 2.24) is 9.88 Å². The average Bonchev–Trinajstić information content (AvgIpc) is 2.76. The van der Waals surface area contributed by atoms with Gasteiger partial charge in [-0.2, -0.15) is 0 Å². The van der Waals surface area contributed by atoms with Gasteiger partial charge in [0.2, 0.25) is 5.91 Å². The minimum atomic E-state index is -0.0574. The third-order valence-corrected chi connectivity index (χ3v) is 5.96. The molecule has 5 rings (SSSR count). The Bertz CT molecular complexity index is 1110. The normalized spacial score (nSPS) is 15.9. The second kappa shape index (κ2) is 7.41. The molecule has 1 aliphatic heterocycles. The minimum Gasteiger partial charge on any atom is -0.325 e. The van der Waals surface area contributed by atoms with Gasteiger partial charge in [0.15, 0.2) is 5.78 Å². The number of amides is 1. The Hall–Kier alpha value is -3.05. The van der Waals surface area contributed by atoms with Gasteiger partial charge in [-0.1, -0.05) is 36.8 Å². The van der Waals surface area contributed by atoms with Crippen LogP contribution < -0.4 is 5.32 Å². The van der Waals surface area contributed by atoms with Gasteiger partial charge < -0.3 is 10.2 Å². The van der Waals surface area contributed by atoms with Crippen molar-refractivity contribution < 1.29 is 9.59 Å². The highest BCUT2D eigenvalue weighted by Crippen LogP contribution is 2.40. The number of carbonyl (C=O) groups is 2. The standard InChI is InChI=1S/C24H23N3O2/c28-20(11-15-27-13-2-1-3-14-27)26-19-9-5-7-17-22(19)24(29)18-8-4-6-16-10-12-25-23(17)21(16)18/h4-10,12H,1-3,11,13-15H2,(H,26,28). The van der Waals surface area contributed by atoms with E-state index in [0.717, 1.165) is 41.7 Å².